The van der Waals surface area contributed by atoms with Crippen LogP contribution in [0.15, 0.2) is 169 Å². The zero-order valence-corrected chi connectivity index (χ0v) is 22.4. The van der Waals surface area contributed by atoms with E-state index in [4.69, 9.17) is 23.3 Å². The van der Waals surface area contributed by atoms with Crippen molar-refractivity contribution in [2.24, 2.45) is 0 Å². The zero-order valence-electron chi connectivity index (χ0n) is 43.4. The van der Waals surface area contributed by atoms with E-state index in [1.54, 1.807) is 0 Å². The van der Waals surface area contributed by atoms with Crippen molar-refractivity contribution in [2.45, 2.75) is 0 Å². The molecule has 0 saturated heterocycles. The van der Waals surface area contributed by atoms with E-state index in [2.05, 4.69) is 0 Å². The molecule has 0 bridgehead atoms. The fraction of sp³-hybridized carbons (Fsp3) is 0. The van der Waals surface area contributed by atoms with Gasteiger partial charge in [-0.05, 0) is 65.1 Å². The highest BCUT2D eigenvalue weighted by Crippen LogP contribution is 2.40. The molecule has 0 atom stereocenters. The topological polar surface area (TPSA) is 9.86 Å². The maximum atomic E-state index is 9.86. The van der Waals surface area contributed by atoms with Gasteiger partial charge in [-0.15, -0.1) is 0 Å². The first kappa shape index (κ1) is 11.7. The Labute approximate surface area is 285 Å². The second-order valence-corrected chi connectivity index (χ2v) is 9.78. The lowest BCUT2D eigenvalue weighted by Crippen LogP contribution is -1.96. The summed E-state index contributed by atoms with van der Waals surface area (Å²) < 4.78 is 188. The number of rotatable bonds is 4. The average Bonchev–Trinajstić information content (AvgIpc) is 3.81. The highest BCUT2D eigenvalue weighted by molar-refractivity contribution is 6.15. The Balaban J connectivity index is 1.51. The molecule has 2 nitrogen and oxygen atoms in total. The lowest BCUT2D eigenvalue weighted by molar-refractivity contribution is 1.18. The summed E-state index contributed by atoms with van der Waals surface area (Å²) in [6, 6.07) is -3.38. The summed E-state index contributed by atoms with van der Waals surface area (Å²) in [6.45, 7) is 0. The molecule has 0 fully saturated rings. The zero-order chi connectivity index (χ0) is 47.3. The van der Waals surface area contributed by atoms with E-state index in [-0.39, 0.29) is 56.7 Å². The molecule has 0 radical (unpaired) electrons. The maximum absolute atomic E-state index is 9.86. The summed E-state index contributed by atoms with van der Waals surface area (Å²) in [4.78, 5) is 0. The summed E-state index contributed by atoms with van der Waals surface area (Å²) in [6.07, 6.45) is 0. The van der Waals surface area contributed by atoms with Crippen LogP contribution >= 0.6 is 0 Å². The smallest absolute Gasteiger partial charge is 0.0645 e. The minimum atomic E-state index is -0.813. The summed E-state index contributed by atoms with van der Waals surface area (Å²) in [5, 5.41) is -1.25. The Bertz CT molecular complexity index is 3650. The minimum Gasteiger partial charge on any atom is -0.309 e. The first-order valence-electron chi connectivity index (χ1n) is 23.9. The predicted octanol–water partition coefficient (Wildman–Crippen LogP) is 11.2. The lowest BCUT2D eigenvalue weighted by Gasteiger charge is -2.13. The summed E-state index contributed by atoms with van der Waals surface area (Å²) in [5.41, 5.74) is -1.98. The Morgan fingerprint density at radius 2 is 1.09 bits per heavy atom. The fourth-order valence-corrected chi connectivity index (χ4v) is 5.54. The molecule has 0 saturated carbocycles. The van der Waals surface area contributed by atoms with Gasteiger partial charge in [0.1, 0.15) is 0 Å². The molecule has 0 spiro atoms. The second kappa shape index (κ2) is 9.86. The third-order valence-corrected chi connectivity index (χ3v) is 7.41. The SMILES string of the molecule is [2H]c1ccc(-c2ccc(-n3c4c(-c5c([2H])c([2H])c6c(c5[2H])c5c([2H])c([2H])c([2H])c([2H])c5n6-c5c([2H])c([2H])c([2H])c([2H])c5[2H])cc([2H])c([2H])c4c4c([2H])c([2H])c([2H])c([2H])c43)cc2[2H])c([2H])c1. The lowest BCUT2D eigenvalue weighted by atomic mass is 9.99. The number of hydrogen-bond acceptors (Lipinski definition) is 0. The van der Waals surface area contributed by atoms with Gasteiger partial charge in [-0.25, -0.2) is 0 Å². The summed E-state index contributed by atoms with van der Waals surface area (Å²) >= 11 is 0. The number of hydrogen-bond donors (Lipinski definition) is 0. The van der Waals surface area contributed by atoms with Crippen LogP contribution in [0.3, 0.4) is 0 Å². The minimum absolute atomic E-state index is 0.0424. The van der Waals surface area contributed by atoms with Gasteiger partial charge in [0.15, 0.2) is 0 Å². The van der Waals surface area contributed by atoms with Crippen molar-refractivity contribution in [2.75, 3.05) is 0 Å². The van der Waals surface area contributed by atoms with Crippen molar-refractivity contribution in [3.8, 4) is 33.6 Å². The summed E-state index contributed by atoms with van der Waals surface area (Å²) in [5.74, 6) is 0. The van der Waals surface area contributed by atoms with Gasteiger partial charge in [0.05, 0.1) is 50.9 Å². The molecule has 9 rings (SSSR count). The third kappa shape index (κ3) is 3.75. The molecular weight excluding hydrogens is 532 g/mol. The molecule has 0 amide bonds. The van der Waals surface area contributed by atoms with E-state index < -0.39 is 142 Å². The molecule has 0 aliphatic heterocycles. The molecule has 0 N–H and O–H groups in total. The molecular formula is C42H28N2. The van der Waals surface area contributed by atoms with Gasteiger partial charge >= 0.3 is 0 Å². The van der Waals surface area contributed by atoms with Crippen LogP contribution < -0.4 is 0 Å². The van der Waals surface area contributed by atoms with Gasteiger partial charge in [0, 0.05) is 38.5 Å². The number of para-hydroxylation sites is 4. The number of benzene rings is 7. The molecule has 0 aliphatic rings. The Morgan fingerprint density at radius 1 is 0.386 bits per heavy atom. The van der Waals surface area contributed by atoms with Crippen LogP contribution in [0.2, 0.25) is 0 Å². The first-order valence-corrected chi connectivity index (χ1v) is 13.4. The maximum Gasteiger partial charge on any atom is 0.0645 e. The van der Waals surface area contributed by atoms with E-state index in [0.717, 1.165) is 10.6 Å². The normalized spacial score (nSPS) is 18.3. The summed E-state index contributed by atoms with van der Waals surface area (Å²) in [7, 11) is 0. The molecule has 7 aromatic carbocycles. The van der Waals surface area contributed by atoms with Crippen molar-refractivity contribution in [1.29, 1.82) is 0 Å². The average molecular weight is 582 g/mol. The predicted molar refractivity (Wildman–Crippen MR) is 186 cm³/mol. The fourth-order valence-electron chi connectivity index (χ4n) is 5.54. The van der Waals surface area contributed by atoms with E-state index >= 15 is 0 Å². The molecule has 2 heteroatoms. The molecule has 2 aromatic heterocycles. The van der Waals surface area contributed by atoms with E-state index in [1.165, 1.54) is 41.0 Å². The largest absolute Gasteiger partial charge is 0.309 e. The monoisotopic (exact) mass is 581 g/mol. The quantitative estimate of drug-likeness (QED) is 0.196. The van der Waals surface area contributed by atoms with Crippen molar-refractivity contribution in [3.05, 3.63) is 169 Å². The van der Waals surface area contributed by atoms with E-state index in [9.17, 15) is 5.48 Å². The standard InChI is InChI=1S/C42H28N2/c1-3-12-29(13-4-1)30-22-25-33(26-23-30)44-40-21-10-7-16-35(40)37-19-11-18-34(42(37)44)31-24-27-41-38(28-31)36-17-8-9-20-39(36)43(41)32-14-5-2-6-15-32/h1-28H/i1D,2D,5D,6D,7D,8D,9D,10D,11D,12D,14D,15D,16D,17D,19D,20D,21D,22D,24D,27D,28D. The number of aromatic nitrogens is 2. The van der Waals surface area contributed by atoms with Crippen LogP contribution in [0.4, 0.5) is 0 Å². The number of fused-ring (bicyclic) bond motifs is 6. The van der Waals surface area contributed by atoms with Crippen LogP contribution in [-0.2, 0) is 0 Å². The molecule has 9 aromatic rings. The molecule has 0 unspecified atom stereocenters. The van der Waals surface area contributed by atoms with Crippen LogP contribution in [0, 0.1) is 0 Å². The van der Waals surface area contributed by atoms with E-state index in [0.29, 0.717) is 5.56 Å². The first-order chi connectivity index (χ1) is 30.5. The highest BCUT2D eigenvalue weighted by Gasteiger charge is 2.18. The molecule has 206 valence electrons. The van der Waals surface area contributed by atoms with Crippen molar-refractivity contribution in [3.63, 3.8) is 0 Å². The second-order valence-electron chi connectivity index (χ2n) is 9.78. The van der Waals surface area contributed by atoms with Crippen LogP contribution in [0.1, 0.15) is 28.8 Å². The molecule has 0 aliphatic carbocycles. The Kier molecular flexibility index (Phi) is 2.62. The Hall–Kier alpha value is -5.86. The van der Waals surface area contributed by atoms with Crippen LogP contribution in [0.25, 0.3) is 77.2 Å². The van der Waals surface area contributed by atoms with Gasteiger partial charge in [-0.1, -0.05) is 121 Å². The van der Waals surface area contributed by atoms with Gasteiger partial charge in [0.2, 0.25) is 0 Å². The molecule has 44 heavy (non-hydrogen) atoms. The van der Waals surface area contributed by atoms with Crippen molar-refractivity contribution < 1.29 is 28.8 Å². The van der Waals surface area contributed by atoms with Gasteiger partial charge in [-0.3, -0.25) is 0 Å². The molecule has 2 heterocycles. The van der Waals surface area contributed by atoms with Crippen molar-refractivity contribution in [1.82, 2.24) is 9.13 Å². The number of nitrogens with zero attached hydrogens (tertiary/aromatic N) is 2. The van der Waals surface area contributed by atoms with Gasteiger partial charge in [0.25, 0.3) is 0 Å². The van der Waals surface area contributed by atoms with Gasteiger partial charge < -0.3 is 9.13 Å². The van der Waals surface area contributed by atoms with E-state index in [1.807, 2.05) is 0 Å². The third-order valence-electron chi connectivity index (χ3n) is 7.41. The highest BCUT2D eigenvalue weighted by atomic mass is 15.0. The Morgan fingerprint density at radius 3 is 1.91 bits per heavy atom. The van der Waals surface area contributed by atoms with Crippen LogP contribution in [-0.4, -0.2) is 9.13 Å². The van der Waals surface area contributed by atoms with Crippen molar-refractivity contribution >= 4 is 43.6 Å². The van der Waals surface area contributed by atoms with Gasteiger partial charge in [-0.2, -0.15) is 0 Å². The van der Waals surface area contributed by atoms with Crippen LogP contribution in [0.5, 0.6) is 0 Å².